The van der Waals surface area contributed by atoms with Crippen molar-refractivity contribution in [3.63, 3.8) is 0 Å². The molecule has 210 valence electrons. The van der Waals surface area contributed by atoms with E-state index in [9.17, 15) is 5.48 Å². The molecule has 0 atom stereocenters. The molecule has 9 rings (SSSR count). The van der Waals surface area contributed by atoms with Gasteiger partial charge in [0.25, 0.3) is 0 Å². The minimum atomic E-state index is -0.443. The predicted molar refractivity (Wildman–Crippen MR) is 190 cm³/mol. The second-order valence-corrected chi connectivity index (χ2v) is 11.1. The van der Waals surface area contributed by atoms with Crippen LogP contribution in [-0.2, 0) is 0 Å². The molecule has 45 heavy (non-hydrogen) atoms. The van der Waals surface area contributed by atoms with Crippen molar-refractivity contribution in [2.45, 2.75) is 0 Å². The molecule has 0 amide bonds. The monoisotopic (exact) mass is 580 g/mol. The van der Waals surface area contributed by atoms with Gasteiger partial charge < -0.3 is 4.42 Å². The Morgan fingerprint density at radius 3 is 1.49 bits per heavy atom. The number of para-hydroxylation sites is 1. The average molecular weight is 581 g/mol. The number of hydrogen-bond donors (Lipinski definition) is 0. The van der Waals surface area contributed by atoms with E-state index in [2.05, 4.69) is 0 Å². The zero-order valence-corrected chi connectivity index (χ0v) is 24.0. The molecular weight excluding hydrogens is 544 g/mol. The van der Waals surface area contributed by atoms with Gasteiger partial charge in [0.05, 0.1) is 11.0 Å². The maximum absolute atomic E-state index is 9.46. The first kappa shape index (κ1) is 18.7. The van der Waals surface area contributed by atoms with E-state index in [0.717, 1.165) is 27.6 Å². The van der Waals surface area contributed by atoms with Crippen LogP contribution >= 0.6 is 0 Å². The summed E-state index contributed by atoms with van der Waals surface area (Å²) >= 11 is 0. The molecule has 1 nitrogen and oxygen atoms in total. The lowest BCUT2D eigenvalue weighted by atomic mass is 9.84. The second kappa shape index (κ2) is 10.4. The molecule has 0 aliphatic rings. The quantitative estimate of drug-likeness (QED) is 0.189. The summed E-state index contributed by atoms with van der Waals surface area (Å²) in [6.45, 7) is 0. The number of rotatable bonds is 4. The van der Waals surface area contributed by atoms with Crippen molar-refractivity contribution in [1.29, 1.82) is 0 Å². The molecule has 0 bridgehead atoms. The van der Waals surface area contributed by atoms with Crippen LogP contribution in [0.25, 0.3) is 88.0 Å². The zero-order chi connectivity index (χ0) is 36.7. The minimum Gasteiger partial charge on any atom is -0.456 e. The van der Waals surface area contributed by atoms with Gasteiger partial charge in [-0.3, -0.25) is 0 Å². The number of hydrogen-bond acceptors (Lipinski definition) is 1. The first-order chi connectivity index (χ1) is 25.7. The lowest BCUT2D eigenvalue weighted by Crippen LogP contribution is -1.92. The van der Waals surface area contributed by atoms with E-state index in [1.165, 1.54) is 0 Å². The first-order valence-electron chi connectivity index (χ1n) is 18.8. The van der Waals surface area contributed by atoms with E-state index < -0.39 is 24.2 Å². The van der Waals surface area contributed by atoms with Gasteiger partial charge in [0.2, 0.25) is 0 Å². The van der Waals surface area contributed by atoms with Gasteiger partial charge in [-0.2, -0.15) is 0 Å². The van der Waals surface area contributed by atoms with Crippen molar-refractivity contribution < 1.29 is 15.4 Å². The van der Waals surface area contributed by atoms with Crippen LogP contribution in [-0.4, -0.2) is 0 Å². The van der Waals surface area contributed by atoms with E-state index in [-0.39, 0.29) is 51.3 Å². The summed E-state index contributed by atoms with van der Waals surface area (Å²) in [7, 11) is 0. The van der Waals surface area contributed by atoms with Crippen LogP contribution in [0.1, 0.15) is 11.0 Å². The molecule has 0 spiro atoms. The van der Waals surface area contributed by atoms with E-state index in [1.54, 1.807) is 0 Å². The molecule has 1 heteroatoms. The summed E-state index contributed by atoms with van der Waals surface area (Å²) in [5.41, 5.74) is 6.39. The van der Waals surface area contributed by atoms with E-state index >= 15 is 0 Å². The normalized spacial score (nSPS) is 14.0. The summed E-state index contributed by atoms with van der Waals surface area (Å²) < 4.78 is 79.5. The standard InChI is InChI=1S/C44H28O/c1-3-13-29(14-4-1)31-23-25-32(26-24-31)42-34-17-7-9-19-36(34)43(37-20-10-8-18-35(37)42)39-27-33(30-15-5-2-6-16-30)28-41-44(39)38-21-11-12-22-40(38)45-41/h1-28H/i7D,8D,9D,10D,17D,18D,19D,20D. The molecular formula is C44H28O. The smallest absolute Gasteiger partial charge is 0.136 e. The number of fused-ring (bicyclic) bond motifs is 5. The van der Waals surface area contributed by atoms with Crippen LogP contribution in [0.15, 0.2) is 174 Å². The van der Waals surface area contributed by atoms with Crippen molar-refractivity contribution in [3.8, 4) is 44.5 Å². The van der Waals surface area contributed by atoms with Crippen LogP contribution in [0, 0.1) is 0 Å². The molecule has 0 N–H and O–H groups in total. The molecule has 0 aliphatic heterocycles. The molecule has 9 aromatic rings. The van der Waals surface area contributed by atoms with Gasteiger partial charge in [0.15, 0.2) is 0 Å². The maximum Gasteiger partial charge on any atom is 0.136 e. The third-order valence-electron chi connectivity index (χ3n) is 8.51. The summed E-state index contributed by atoms with van der Waals surface area (Å²) in [5.74, 6) is 0. The summed E-state index contributed by atoms with van der Waals surface area (Å²) in [5, 5.41) is 2.09. The topological polar surface area (TPSA) is 13.1 Å². The van der Waals surface area contributed by atoms with Crippen LogP contribution in [0.2, 0.25) is 0 Å². The summed E-state index contributed by atoms with van der Waals surface area (Å²) in [6.07, 6.45) is 0. The Labute approximate surface area is 272 Å². The van der Waals surface area contributed by atoms with E-state index in [1.807, 2.05) is 121 Å². The van der Waals surface area contributed by atoms with Gasteiger partial charge in [-0.1, -0.05) is 151 Å². The fraction of sp³-hybridized carbons (Fsp3) is 0. The highest BCUT2D eigenvalue weighted by molar-refractivity contribution is 6.26. The first-order valence-corrected chi connectivity index (χ1v) is 14.8. The fourth-order valence-corrected chi connectivity index (χ4v) is 6.49. The molecule has 0 saturated heterocycles. The van der Waals surface area contributed by atoms with Crippen molar-refractivity contribution in [1.82, 2.24) is 0 Å². The Balaban J connectivity index is 1.54. The van der Waals surface area contributed by atoms with Gasteiger partial charge >= 0.3 is 0 Å². The zero-order valence-electron chi connectivity index (χ0n) is 32.0. The van der Waals surface area contributed by atoms with Crippen LogP contribution in [0.5, 0.6) is 0 Å². The van der Waals surface area contributed by atoms with Gasteiger partial charge in [-0.25, -0.2) is 0 Å². The Morgan fingerprint density at radius 2 is 0.867 bits per heavy atom. The molecule has 0 unspecified atom stereocenters. The number of benzene rings is 8. The molecule has 8 aromatic carbocycles. The van der Waals surface area contributed by atoms with Crippen LogP contribution in [0.4, 0.5) is 0 Å². The second-order valence-electron chi connectivity index (χ2n) is 11.1. The SMILES string of the molecule is [2H]c1c([2H])c([2H])c2c(-c3cc(-c4ccccc4)cc4oc5ccccc5c34)c3c([2H])c([2H])c([2H])c([2H])c3c(-c3ccc(-c4ccccc4)cc3)c2c1[2H]. The largest absolute Gasteiger partial charge is 0.456 e. The highest BCUT2D eigenvalue weighted by atomic mass is 16.3. The molecule has 0 radical (unpaired) electrons. The summed E-state index contributed by atoms with van der Waals surface area (Å²) in [4.78, 5) is 0. The van der Waals surface area contributed by atoms with Crippen molar-refractivity contribution in [2.24, 2.45) is 0 Å². The Bertz CT molecular complexity index is 2870. The Hall–Kier alpha value is -5.92. The molecule has 1 aromatic heterocycles. The maximum atomic E-state index is 9.46. The van der Waals surface area contributed by atoms with Gasteiger partial charge in [0, 0.05) is 10.8 Å². The molecule has 1 heterocycles. The van der Waals surface area contributed by atoms with Crippen molar-refractivity contribution >= 4 is 43.5 Å². The minimum absolute atomic E-state index is 0.160. The van der Waals surface area contributed by atoms with E-state index in [4.69, 9.17) is 9.90 Å². The molecule has 0 fully saturated rings. The third kappa shape index (κ3) is 4.17. The molecule has 0 saturated carbocycles. The van der Waals surface area contributed by atoms with Crippen molar-refractivity contribution in [3.05, 3.63) is 170 Å². The molecule has 0 aliphatic carbocycles. The van der Waals surface area contributed by atoms with Gasteiger partial charge in [-0.05, 0) is 84.3 Å². The third-order valence-corrected chi connectivity index (χ3v) is 8.51. The van der Waals surface area contributed by atoms with Gasteiger partial charge in [0.1, 0.15) is 11.2 Å². The predicted octanol–water partition coefficient (Wildman–Crippen LogP) is 12.6. The fourth-order valence-electron chi connectivity index (χ4n) is 6.49. The lowest BCUT2D eigenvalue weighted by Gasteiger charge is -2.19. The van der Waals surface area contributed by atoms with Gasteiger partial charge in [-0.15, -0.1) is 0 Å². The Kier molecular flexibility index (Phi) is 4.30. The highest BCUT2D eigenvalue weighted by Gasteiger charge is 2.21. The Morgan fingerprint density at radius 1 is 0.378 bits per heavy atom. The van der Waals surface area contributed by atoms with Crippen LogP contribution in [0.3, 0.4) is 0 Å². The average Bonchev–Trinajstić information content (AvgIpc) is 3.58. The van der Waals surface area contributed by atoms with Crippen molar-refractivity contribution in [2.75, 3.05) is 0 Å². The highest BCUT2D eigenvalue weighted by Crippen LogP contribution is 2.48. The van der Waals surface area contributed by atoms with E-state index in [0.29, 0.717) is 33.2 Å². The lowest BCUT2D eigenvalue weighted by molar-refractivity contribution is 0.669. The van der Waals surface area contributed by atoms with Crippen LogP contribution < -0.4 is 0 Å². The summed E-state index contributed by atoms with van der Waals surface area (Å²) in [6, 6.07) is 35.5. The number of furan rings is 1.